The molecule has 2 N–H and O–H groups in total. The smallest absolute Gasteiger partial charge is 0.410 e. The van der Waals surface area contributed by atoms with Crippen LogP contribution in [0.5, 0.6) is 5.88 Å². The number of hydrogen-bond acceptors (Lipinski definition) is 9. The molecule has 3 aromatic rings. The van der Waals surface area contributed by atoms with Gasteiger partial charge < -0.3 is 34.6 Å². The van der Waals surface area contributed by atoms with Gasteiger partial charge in [-0.1, -0.05) is 44.2 Å². The molecule has 4 aliphatic rings. The van der Waals surface area contributed by atoms with Gasteiger partial charge in [0.05, 0.1) is 12.7 Å². The average molecular weight is 604 g/mol. The highest BCUT2D eigenvalue weighted by atomic mass is 16.6. The highest BCUT2D eigenvalue weighted by Gasteiger charge is 2.54. The first-order valence-corrected chi connectivity index (χ1v) is 15.8. The third-order valence-electron chi connectivity index (χ3n) is 9.26. The summed E-state index contributed by atoms with van der Waals surface area (Å²) in [5, 5.41) is 11.5. The first-order valence-electron chi connectivity index (χ1n) is 15.8. The molecule has 2 aromatic heterocycles. The van der Waals surface area contributed by atoms with E-state index in [0.29, 0.717) is 19.0 Å². The maximum atomic E-state index is 12.8. The number of hydrogen-bond donors (Lipinski definition) is 2. The first kappa shape index (κ1) is 28.7. The van der Waals surface area contributed by atoms with E-state index in [-0.39, 0.29) is 48.4 Å². The van der Waals surface area contributed by atoms with E-state index in [1.165, 1.54) is 0 Å². The number of rotatable bonds is 8. The lowest BCUT2D eigenvalue weighted by Gasteiger charge is -2.58. The van der Waals surface area contributed by atoms with Gasteiger partial charge in [0, 0.05) is 55.8 Å². The van der Waals surface area contributed by atoms with Crippen LogP contribution in [0.2, 0.25) is 0 Å². The molecule has 3 saturated heterocycles. The molecule has 2 amide bonds. The van der Waals surface area contributed by atoms with Crippen LogP contribution in [0.25, 0.3) is 5.65 Å². The molecule has 0 bridgehead atoms. The Hall–Kier alpha value is -4.06. The lowest BCUT2D eigenvalue weighted by Crippen LogP contribution is -2.67. The summed E-state index contributed by atoms with van der Waals surface area (Å²) in [4.78, 5) is 33.6. The van der Waals surface area contributed by atoms with Crippen LogP contribution in [0.3, 0.4) is 0 Å². The predicted molar refractivity (Wildman–Crippen MR) is 163 cm³/mol. The monoisotopic (exact) mass is 603 g/mol. The molecule has 1 saturated carbocycles. The number of fused-ring (bicyclic) bond motifs is 1. The van der Waals surface area contributed by atoms with E-state index in [2.05, 4.69) is 29.6 Å². The van der Waals surface area contributed by atoms with Crippen molar-refractivity contribution in [3.8, 4) is 5.88 Å². The van der Waals surface area contributed by atoms with Crippen molar-refractivity contribution in [2.24, 2.45) is 5.41 Å². The highest BCUT2D eigenvalue weighted by molar-refractivity contribution is 5.69. The van der Waals surface area contributed by atoms with E-state index in [1.54, 1.807) is 4.90 Å². The average Bonchev–Trinajstić information content (AvgIpc) is 3.39. The molecule has 44 heavy (non-hydrogen) atoms. The Bertz CT molecular complexity index is 1490. The van der Waals surface area contributed by atoms with Crippen LogP contribution >= 0.6 is 0 Å². The predicted octanol–water partition coefficient (Wildman–Crippen LogP) is 4.02. The zero-order chi connectivity index (χ0) is 30.3. The SMILES string of the molecule is CC(C)c1cnn2c(NC3CC4(C3)CN(C(=O)OC3CNC3)C4)cc(O[C@@H]3CCCN(C(=O)OCc4ccccc4)C3)nc12. The number of carbonyl (C=O) groups is 2. The van der Waals surface area contributed by atoms with Gasteiger partial charge >= 0.3 is 12.2 Å². The van der Waals surface area contributed by atoms with Crippen LogP contribution < -0.4 is 15.4 Å². The van der Waals surface area contributed by atoms with Gasteiger partial charge in [0.15, 0.2) is 5.65 Å². The number of anilines is 1. The fourth-order valence-electron chi connectivity index (χ4n) is 6.72. The van der Waals surface area contributed by atoms with E-state index in [0.717, 1.165) is 74.5 Å². The molecule has 12 heteroatoms. The fraction of sp³-hybridized carbons (Fsp3) is 0.562. The van der Waals surface area contributed by atoms with Crippen LogP contribution in [0.15, 0.2) is 42.6 Å². The number of likely N-dealkylation sites (tertiary alicyclic amines) is 2. The van der Waals surface area contributed by atoms with Gasteiger partial charge in [-0.25, -0.2) is 9.59 Å². The number of ether oxygens (including phenoxy) is 3. The van der Waals surface area contributed by atoms with Crippen molar-refractivity contribution in [2.45, 2.75) is 70.3 Å². The lowest BCUT2D eigenvalue weighted by atomic mass is 9.61. The maximum Gasteiger partial charge on any atom is 0.410 e. The van der Waals surface area contributed by atoms with Crippen LogP contribution in [0.1, 0.15) is 56.6 Å². The Balaban J connectivity index is 0.986. The summed E-state index contributed by atoms with van der Waals surface area (Å²) in [6.45, 7) is 8.57. The summed E-state index contributed by atoms with van der Waals surface area (Å²) in [5.74, 6) is 1.60. The molecule has 5 heterocycles. The van der Waals surface area contributed by atoms with Gasteiger partial charge in [-0.3, -0.25) is 0 Å². The molecular weight excluding hydrogens is 562 g/mol. The molecule has 1 aromatic carbocycles. The first-order chi connectivity index (χ1) is 21.3. The van der Waals surface area contributed by atoms with Crippen molar-refractivity contribution in [1.82, 2.24) is 29.7 Å². The molecule has 1 atom stereocenters. The Morgan fingerprint density at radius 2 is 1.89 bits per heavy atom. The number of benzene rings is 1. The van der Waals surface area contributed by atoms with E-state index < -0.39 is 0 Å². The van der Waals surface area contributed by atoms with E-state index in [4.69, 9.17) is 19.2 Å². The highest BCUT2D eigenvalue weighted by Crippen LogP contribution is 2.49. The second-order valence-electron chi connectivity index (χ2n) is 13.1. The molecular formula is C32H41N7O5. The van der Waals surface area contributed by atoms with Gasteiger partial charge in [-0.15, -0.1) is 0 Å². The number of nitrogens with one attached hydrogen (secondary N) is 2. The number of piperidine rings is 1. The van der Waals surface area contributed by atoms with Crippen molar-refractivity contribution >= 4 is 23.7 Å². The van der Waals surface area contributed by atoms with Crippen LogP contribution in [-0.4, -0.2) is 94.1 Å². The number of carbonyl (C=O) groups excluding carboxylic acids is 2. The summed E-state index contributed by atoms with van der Waals surface area (Å²) >= 11 is 0. The molecule has 1 spiro atoms. The zero-order valence-corrected chi connectivity index (χ0v) is 25.4. The largest absolute Gasteiger partial charge is 0.472 e. The van der Waals surface area contributed by atoms with Crippen molar-refractivity contribution in [1.29, 1.82) is 0 Å². The molecule has 3 aliphatic heterocycles. The minimum Gasteiger partial charge on any atom is -0.472 e. The third kappa shape index (κ3) is 5.87. The Morgan fingerprint density at radius 1 is 1.09 bits per heavy atom. The molecule has 12 nitrogen and oxygen atoms in total. The molecule has 1 aliphatic carbocycles. The van der Waals surface area contributed by atoms with Crippen LogP contribution in [0.4, 0.5) is 15.4 Å². The summed E-state index contributed by atoms with van der Waals surface area (Å²) in [7, 11) is 0. The quantitative estimate of drug-likeness (QED) is 0.393. The van der Waals surface area contributed by atoms with Crippen molar-refractivity contribution in [3.05, 3.63) is 53.7 Å². The van der Waals surface area contributed by atoms with Gasteiger partial charge in [0.2, 0.25) is 5.88 Å². The van der Waals surface area contributed by atoms with E-state index in [1.807, 2.05) is 52.0 Å². The maximum absolute atomic E-state index is 12.8. The van der Waals surface area contributed by atoms with Gasteiger partial charge in [0.25, 0.3) is 0 Å². The molecule has 0 radical (unpaired) electrons. The van der Waals surface area contributed by atoms with Gasteiger partial charge in [-0.2, -0.15) is 14.6 Å². The Kier molecular flexibility index (Phi) is 7.69. The van der Waals surface area contributed by atoms with Crippen molar-refractivity contribution in [3.63, 3.8) is 0 Å². The lowest BCUT2D eigenvalue weighted by molar-refractivity contribution is -0.0692. The standard InChI is InChI=1S/C32H41N7O5/c1-21(2)26-16-34-39-27(35-23-12-32(13-23)19-38(20-32)31(41)44-25-14-33-15-25)11-28(36-29(26)39)43-24-9-6-10-37(17-24)30(40)42-18-22-7-4-3-5-8-22/h3-5,7-8,11,16,21,23-25,33,35H,6,9-10,12-15,17-20H2,1-2H3/t24-/m1/s1. The summed E-state index contributed by atoms with van der Waals surface area (Å²) in [5.41, 5.74) is 2.94. The number of nitrogens with zero attached hydrogens (tertiary/aromatic N) is 5. The summed E-state index contributed by atoms with van der Waals surface area (Å²) in [6, 6.07) is 11.9. The summed E-state index contributed by atoms with van der Waals surface area (Å²) < 4.78 is 19.4. The second kappa shape index (κ2) is 11.8. The Labute approximate surface area is 257 Å². The molecule has 4 fully saturated rings. The topological polar surface area (TPSA) is 123 Å². The van der Waals surface area contributed by atoms with Crippen molar-refractivity contribution < 1.29 is 23.8 Å². The van der Waals surface area contributed by atoms with E-state index in [9.17, 15) is 9.59 Å². The van der Waals surface area contributed by atoms with E-state index >= 15 is 0 Å². The number of aromatic nitrogens is 3. The number of amides is 2. The van der Waals surface area contributed by atoms with Gasteiger partial charge in [-0.05, 0) is 37.2 Å². The Morgan fingerprint density at radius 3 is 2.61 bits per heavy atom. The summed E-state index contributed by atoms with van der Waals surface area (Å²) in [6.07, 6.45) is 4.78. The normalized spacial score (nSPS) is 21.5. The molecule has 234 valence electrons. The minimum absolute atomic E-state index is 0.00955. The van der Waals surface area contributed by atoms with Crippen molar-refractivity contribution in [2.75, 3.05) is 44.6 Å². The second-order valence-corrected chi connectivity index (χ2v) is 13.1. The van der Waals surface area contributed by atoms with Crippen LogP contribution in [0, 0.1) is 5.41 Å². The fourth-order valence-corrected chi connectivity index (χ4v) is 6.72. The van der Waals surface area contributed by atoms with Crippen LogP contribution in [-0.2, 0) is 16.1 Å². The van der Waals surface area contributed by atoms with Gasteiger partial charge in [0.1, 0.15) is 24.6 Å². The molecule has 7 rings (SSSR count). The third-order valence-corrected chi connectivity index (χ3v) is 9.26. The molecule has 0 unspecified atom stereocenters. The minimum atomic E-state index is -0.326. The zero-order valence-electron chi connectivity index (χ0n) is 25.4.